The number of likely N-dealkylation sites (tertiary alicyclic amines) is 1. The topological polar surface area (TPSA) is 80.8 Å². The molecule has 10 heteroatoms. The van der Waals surface area contributed by atoms with Gasteiger partial charge >= 0.3 is 6.18 Å². The summed E-state index contributed by atoms with van der Waals surface area (Å²) in [6.45, 7) is 0.502. The molecule has 0 unspecified atom stereocenters. The summed E-state index contributed by atoms with van der Waals surface area (Å²) in [5, 5.41) is 2.89. The van der Waals surface area contributed by atoms with Crippen LogP contribution in [0.5, 0.6) is 5.75 Å². The van der Waals surface area contributed by atoms with E-state index in [2.05, 4.69) is 10.3 Å². The molecule has 1 aromatic carbocycles. The molecule has 0 radical (unpaired) electrons. The number of alkyl halides is 3. The van der Waals surface area contributed by atoms with E-state index in [9.17, 15) is 22.8 Å². The van der Waals surface area contributed by atoms with Crippen molar-refractivity contribution in [1.29, 1.82) is 0 Å². The molecule has 1 spiro atoms. The molecule has 3 heterocycles. The lowest BCUT2D eigenvalue weighted by Crippen LogP contribution is -2.60. The monoisotopic (exact) mass is 491 g/mol. The van der Waals surface area contributed by atoms with Gasteiger partial charge in [0.2, 0.25) is 5.91 Å². The van der Waals surface area contributed by atoms with Crippen LogP contribution in [0.15, 0.2) is 48.8 Å². The summed E-state index contributed by atoms with van der Waals surface area (Å²) >= 11 is 0. The van der Waals surface area contributed by atoms with Gasteiger partial charge in [0.05, 0.1) is 7.11 Å². The van der Waals surface area contributed by atoms with Crippen molar-refractivity contribution < 1.29 is 32.2 Å². The fourth-order valence-electron chi connectivity index (χ4n) is 5.52. The molecule has 7 nitrogen and oxygen atoms in total. The fraction of sp³-hybridized carbons (Fsp3) is 0.480. The summed E-state index contributed by atoms with van der Waals surface area (Å²) in [5.41, 5.74) is -3.07. The number of carbonyl (C=O) groups excluding carboxylic acids is 2. The summed E-state index contributed by atoms with van der Waals surface area (Å²) in [6.07, 6.45) is -0.711. The zero-order valence-electron chi connectivity index (χ0n) is 19.6. The van der Waals surface area contributed by atoms with Gasteiger partial charge in [-0.15, -0.1) is 0 Å². The zero-order valence-corrected chi connectivity index (χ0v) is 19.6. The van der Waals surface area contributed by atoms with E-state index in [0.29, 0.717) is 25.1 Å². The Hall–Kier alpha value is -3.14. The van der Waals surface area contributed by atoms with Crippen LogP contribution >= 0.6 is 0 Å². The molecule has 188 valence electrons. The Morgan fingerprint density at radius 1 is 1.14 bits per heavy atom. The molecule has 1 N–H and O–H groups in total. The largest absolute Gasteiger partial charge is 0.496 e. The number of halogens is 3. The second-order valence-corrected chi connectivity index (χ2v) is 9.05. The van der Waals surface area contributed by atoms with Crippen LogP contribution in [-0.2, 0) is 19.9 Å². The average molecular weight is 492 g/mol. The van der Waals surface area contributed by atoms with E-state index in [1.54, 1.807) is 31.6 Å². The first-order valence-corrected chi connectivity index (χ1v) is 11.4. The van der Waals surface area contributed by atoms with Crippen molar-refractivity contribution in [3.8, 4) is 5.75 Å². The summed E-state index contributed by atoms with van der Waals surface area (Å²) in [7, 11) is 2.46. The number of ether oxygens (including phenoxy) is 2. The smallest absolute Gasteiger partial charge is 0.430 e. The SMILES string of the molecule is COc1ccncc1[C@H]1CNC(=O)CC12CCN(C(=O)[C@](OC)(c1ccccc1)C(F)(F)F)CC2. The number of pyridine rings is 1. The summed E-state index contributed by atoms with van der Waals surface area (Å²) in [4.78, 5) is 31.3. The molecular weight excluding hydrogens is 463 g/mol. The van der Waals surface area contributed by atoms with Gasteiger partial charge in [-0.3, -0.25) is 14.6 Å². The van der Waals surface area contributed by atoms with E-state index in [-0.39, 0.29) is 36.9 Å². The number of rotatable bonds is 5. The van der Waals surface area contributed by atoms with Gasteiger partial charge in [-0.2, -0.15) is 13.2 Å². The minimum absolute atomic E-state index is 0.0687. The maximum atomic E-state index is 14.4. The van der Waals surface area contributed by atoms with Gasteiger partial charge in [0.15, 0.2) is 0 Å². The number of piperidine rings is 2. The van der Waals surface area contributed by atoms with Gasteiger partial charge < -0.3 is 19.7 Å². The molecule has 2 aliphatic rings. The van der Waals surface area contributed by atoms with Crippen LogP contribution in [-0.4, -0.2) is 61.7 Å². The van der Waals surface area contributed by atoms with Crippen molar-refractivity contribution >= 4 is 11.8 Å². The van der Waals surface area contributed by atoms with Gasteiger partial charge in [0.1, 0.15) is 5.75 Å². The second-order valence-electron chi connectivity index (χ2n) is 9.05. The number of hydrogen-bond donors (Lipinski definition) is 1. The molecule has 2 saturated heterocycles. The highest BCUT2D eigenvalue weighted by Gasteiger charge is 2.64. The first-order valence-electron chi connectivity index (χ1n) is 11.4. The first kappa shape index (κ1) is 25.0. The zero-order chi connectivity index (χ0) is 25.3. The lowest BCUT2D eigenvalue weighted by atomic mass is 9.62. The highest BCUT2D eigenvalue weighted by molar-refractivity contribution is 5.88. The molecule has 2 atom stereocenters. The molecule has 2 amide bonds. The molecule has 0 bridgehead atoms. The van der Waals surface area contributed by atoms with Gasteiger partial charge in [-0.25, -0.2) is 0 Å². The van der Waals surface area contributed by atoms with E-state index in [1.807, 2.05) is 0 Å². The Morgan fingerprint density at radius 3 is 2.43 bits per heavy atom. The van der Waals surface area contributed by atoms with E-state index in [1.165, 1.54) is 29.2 Å². The van der Waals surface area contributed by atoms with Crippen molar-refractivity contribution in [2.24, 2.45) is 5.41 Å². The average Bonchev–Trinajstić information content (AvgIpc) is 2.85. The Bertz CT molecular complexity index is 1070. The Kier molecular flexibility index (Phi) is 6.77. The van der Waals surface area contributed by atoms with Crippen molar-refractivity contribution in [3.63, 3.8) is 0 Å². The van der Waals surface area contributed by atoms with Gasteiger partial charge in [0, 0.05) is 62.6 Å². The van der Waals surface area contributed by atoms with E-state index < -0.39 is 23.1 Å². The second kappa shape index (κ2) is 9.49. The van der Waals surface area contributed by atoms with E-state index in [0.717, 1.165) is 12.7 Å². The van der Waals surface area contributed by atoms with E-state index >= 15 is 0 Å². The number of nitrogens with one attached hydrogen (secondary N) is 1. The van der Waals surface area contributed by atoms with Crippen molar-refractivity contribution in [2.75, 3.05) is 33.9 Å². The quantitative estimate of drug-likeness (QED) is 0.694. The number of benzene rings is 1. The number of carbonyl (C=O) groups is 2. The van der Waals surface area contributed by atoms with Crippen LogP contribution in [0.3, 0.4) is 0 Å². The van der Waals surface area contributed by atoms with Gasteiger partial charge in [-0.1, -0.05) is 30.3 Å². The maximum Gasteiger partial charge on any atom is 0.430 e. The van der Waals surface area contributed by atoms with E-state index in [4.69, 9.17) is 9.47 Å². The van der Waals surface area contributed by atoms with Crippen LogP contribution < -0.4 is 10.1 Å². The van der Waals surface area contributed by atoms with Crippen LogP contribution in [0.4, 0.5) is 13.2 Å². The standard InChI is InChI=1S/C25H28F3N3O4/c1-34-20-8-11-29-15-18(20)19-16-30-21(32)14-23(19)9-12-31(13-10-23)22(33)24(35-2,25(26,27)28)17-6-4-3-5-7-17/h3-8,11,15,19H,9-10,12-14,16H2,1-2H3,(H,30,32)/t19-,24-/m1/s1. The number of amides is 2. The van der Waals surface area contributed by atoms with Crippen molar-refractivity contribution in [1.82, 2.24) is 15.2 Å². The lowest BCUT2D eigenvalue weighted by Gasteiger charge is -2.50. The number of aromatic nitrogens is 1. The summed E-state index contributed by atoms with van der Waals surface area (Å²) < 4.78 is 53.6. The molecule has 2 aromatic rings. The molecule has 4 rings (SSSR count). The van der Waals surface area contributed by atoms with Crippen molar-refractivity contribution in [3.05, 3.63) is 59.9 Å². The highest BCUT2D eigenvalue weighted by Crippen LogP contribution is 2.51. The fourth-order valence-corrected chi connectivity index (χ4v) is 5.52. The molecular formula is C25H28F3N3O4. The predicted octanol–water partition coefficient (Wildman–Crippen LogP) is 3.41. The maximum absolute atomic E-state index is 14.4. The summed E-state index contributed by atoms with van der Waals surface area (Å²) in [6, 6.07) is 8.71. The molecule has 0 saturated carbocycles. The third kappa shape index (κ3) is 4.24. The van der Waals surface area contributed by atoms with Crippen LogP contribution in [0, 0.1) is 5.41 Å². The third-order valence-electron chi connectivity index (χ3n) is 7.39. The normalized spacial score (nSPS) is 21.8. The van der Waals surface area contributed by atoms with Crippen LogP contribution in [0.1, 0.15) is 36.3 Å². The summed E-state index contributed by atoms with van der Waals surface area (Å²) in [5.74, 6) is -0.775. The molecule has 35 heavy (non-hydrogen) atoms. The third-order valence-corrected chi connectivity index (χ3v) is 7.39. The van der Waals surface area contributed by atoms with Crippen molar-refractivity contribution in [2.45, 2.75) is 37.0 Å². The van der Waals surface area contributed by atoms with Crippen LogP contribution in [0.2, 0.25) is 0 Å². The minimum Gasteiger partial charge on any atom is -0.496 e. The molecule has 2 aliphatic heterocycles. The lowest BCUT2D eigenvalue weighted by molar-refractivity contribution is -0.271. The molecule has 1 aromatic heterocycles. The first-order chi connectivity index (χ1) is 16.7. The molecule has 2 fully saturated rings. The van der Waals surface area contributed by atoms with Crippen LogP contribution in [0.25, 0.3) is 0 Å². The Labute approximate surface area is 201 Å². The highest BCUT2D eigenvalue weighted by atomic mass is 19.4. The minimum atomic E-state index is -4.97. The molecule has 0 aliphatic carbocycles. The number of hydrogen-bond acceptors (Lipinski definition) is 5. The predicted molar refractivity (Wildman–Crippen MR) is 121 cm³/mol. The number of methoxy groups -OCH3 is 2. The van der Waals surface area contributed by atoms with Gasteiger partial charge in [0.25, 0.3) is 11.5 Å². The Balaban J connectivity index is 1.64. The number of nitrogens with zero attached hydrogens (tertiary/aromatic N) is 2. The van der Waals surface area contributed by atoms with Gasteiger partial charge in [-0.05, 0) is 24.3 Å². The Morgan fingerprint density at radius 2 is 1.83 bits per heavy atom.